The van der Waals surface area contributed by atoms with Gasteiger partial charge in [-0.05, 0) is 30.7 Å². The molecule has 0 bridgehead atoms. The van der Waals surface area contributed by atoms with Crippen molar-refractivity contribution in [2.45, 2.75) is 13.0 Å². The summed E-state index contributed by atoms with van der Waals surface area (Å²) in [6.45, 7) is 2.06. The summed E-state index contributed by atoms with van der Waals surface area (Å²) in [4.78, 5) is 0. The van der Waals surface area contributed by atoms with E-state index in [0.29, 0.717) is 0 Å². The van der Waals surface area contributed by atoms with Crippen LogP contribution in [0.5, 0.6) is 0 Å². The normalized spacial score (nSPS) is 26.8. The molecule has 1 aliphatic rings. The highest BCUT2D eigenvalue weighted by Gasteiger charge is 2.37. The summed E-state index contributed by atoms with van der Waals surface area (Å²) in [7, 11) is -2.62. The van der Waals surface area contributed by atoms with Gasteiger partial charge in [-0.25, -0.2) is 0 Å². The highest BCUT2D eigenvalue weighted by molar-refractivity contribution is 7.77. The van der Waals surface area contributed by atoms with E-state index in [-0.39, 0.29) is 6.04 Å². The number of nitrogens with one attached hydrogen (secondary N) is 1. The van der Waals surface area contributed by atoms with Crippen LogP contribution >= 0.6 is 7.29 Å². The third kappa shape index (κ3) is 1.56. The molecule has 2 aromatic carbocycles. The molecule has 1 aliphatic heterocycles. The molecule has 0 amide bonds. The third-order valence-electron chi connectivity index (χ3n) is 3.24. The van der Waals surface area contributed by atoms with Gasteiger partial charge in [-0.1, -0.05) is 36.4 Å². The summed E-state index contributed by atoms with van der Waals surface area (Å²) in [5, 5.41) is 5.11. The van der Waals surface area contributed by atoms with E-state index in [1.54, 1.807) is 0 Å². The maximum absolute atomic E-state index is 13.1. The van der Waals surface area contributed by atoms with Crippen molar-refractivity contribution >= 4 is 17.9 Å². The Hall–Kier alpha value is -1.37. The molecule has 0 saturated heterocycles. The second kappa shape index (κ2) is 3.83. The van der Waals surface area contributed by atoms with Crippen molar-refractivity contribution in [3.63, 3.8) is 0 Å². The van der Waals surface area contributed by atoms with E-state index in [1.165, 1.54) is 0 Å². The fourth-order valence-electron chi connectivity index (χ4n) is 2.40. The molecule has 0 saturated carbocycles. The maximum atomic E-state index is 13.1. The van der Waals surface area contributed by atoms with E-state index >= 15 is 0 Å². The summed E-state index contributed by atoms with van der Waals surface area (Å²) in [5.41, 5.74) is 1.15. The Morgan fingerprint density at radius 2 is 1.65 bits per heavy atom. The third-order valence-corrected chi connectivity index (χ3v) is 6.10. The number of rotatable bonds is 1. The second-order valence-electron chi connectivity index (χ2n) is 4.35. The number of fused-ring (bicyclic) bond motifs is 1. The van der Waals surface area contributed by atoms with Crippen LogP contribution in [-0.2, 0) is 4.57 Å². The molecule has 2 aromatic rings. The van der Waals surface area contributed by atoms with Crippen LogP contribution in [0, 0.1) is 0 Å². The van der Waals surface area contributed by atoms with E-state index in [9.17, 15) is 4.57 Å². The molecule has 0 spiro atoms. The molecule has 0 aliphatic carbocycles. The Labute approximate surface area is 101 Å². The average molecular weight is 243 g/mol. The smallest absolute Gasteiger partial charge is 0.205 e. The van der Waals surface area contributed by atoms with Crippen LogP contribution in [0.2, 0.25) is 0 Å². The molecule has 3 heteroatoms. The highest BCUT2D eigenvalue weighted by Crippen LogP contribution is 2.48. The maximum Gasteiger partial charge on any atom is 0.205 e. The van der Waals surface area contributed by atoms with Crippen LogP contribution in [0.3, 0.4) is 0 Å². The monoisotopic (exact) mass is 243 g/mol. The summed E-state index contributed by atoms with van der Waals surface area (Å²) in [6, 6.07) is 17.8. The van der Waals surface area contributed by atoms with E-state index in [1.807, 2.05) is 48.5 Å². The van der Waals surface area contributed by atoms with Crippen molar-refractivity contribution in [3.8, 4) is 0 Å². The summed E-state index contributed by atoms with van der Waals surface area (Å²) >= 11 is 0. The van der Waals surface area contributed by atoms with E-state index < -0.39 is 7.29 Å². The molecule has 3 rings (SSSR count). The van der Waals surface area contributed by atoms with Crippen LogP contribution in [-0.4, -0.2) is 0 Å². The number of hydrogen-bond donors (Lipinski definition) is 1. The van der Waals surface area contributed by atoms with Crippen molar-refractivity contribution in [1.82, 2.24) is 5.09 Å². The van der Waals surface area contributed by atoms with Crippen LogP contribution in [0.25, 0.3) is 0 Å². The second-order valence-corrected chi connectivity index (χ2v) is 6.83. The zero-order chi connectivity index (χ0) is 11.9. The first-order valence-corrected chi connectivity index (χ1v) is 7.45. The van der Waals surface area contributed by atoms with Gasteiger partial charge in [0.05, 0.1) is 0 Å². The molecule has 0 radical (unpaired) electrons. The molecule has 1 heterocycles. The average Bonchev–Trinajstić information content (AvgIpc) is 2.65. The van der Waals surface area contributed by atoms with E-state index in [2.05, 4.69) is 18.1 Å². The Balaban J connectivity index is 2.22. The molecular formula is C14H14NOP. The Kier molecular flexibility index (Phi) is 2.43. The van der Waals surface area contributed by atoms with Crippen molar-refractivity contribution in [1.29, 1.82) is 0 Å². The fourth-order valence-corrected chi connectivity index (χ4v) is 5.17. The lowest BCUT2D eigenvalue weighted by Gasteiger charge is -2.14. The highest BCUT2D eigenvalue weighted by atomic mass is 31.2. The van der Waals surface area contributed by atoms with Gasteiger partial charge in [0, 0.05) is 16.7 Å². The van der Waals surface area contributed by atoms with Crippen molar-refractivity contribution in [3.05, 3.63) is 60.2 Å². The van der Waals surface area contributed by atoms with Gasteiger partial charge in [0.15, 0.2) is 0 Å². The zero-order valence-corrected chi connectivity index (χ0v) is 10.5. The lowest BCUT2D eigenvalue weighted by Crippen LogP contribution is -2.20. The molecule has 0 aromatic heterocycles. The first-order chi connectivity index (χ1) is 8.22. The van der Waals surface area contributed by atoms with Crippen molar-refractivity contribution in [2.24, 2.45) is 0 Å². The largest absolute Gasteiger partial charge is 0.296 e. The molecule has 1 N–H and O–H groups in total. The lowest BCUT2D eigenvalue weighted by atomic mass is 10.1. The Morgan fingerprint density at radius 3 is 2.41 bits per heavy atom. The lowest BCUT2D eigenvalue weighted by molar-refractivity contribution is 0.575. The predicted octanol–water partition coefficient (Wildman–Crippen LogP) is 2.58. The molecule has 17 heavy (non-hydrogen) atoms. The van der Waals surface area contributed by atoms with Crippen molar-refractivity contribution in [2.75, 3.05) is 0 Å². The molecule has 2 atom stereocenters. The predicted molar refractivity (Wildman–Crippen MR) is 71.3 cm³/mol. The number of hydrogen-bond acceptors (Lipinski definition) is 1. The Bertz CT molecular complexity index is 594. The minimum atomic E-state index is -2.62. The first kappa shape index (κ1) is 10.8. The molecular weight excluding hydrogens is 229 g/mol. The van der Waals surface area contributed by atoms with Crippen LogP contribution in [0.4, 0.5) is 0 Å². The van der Waals surface area contributed by atoms with Gasteiger partial charge in [0.2, 0.25) is 7.29 Å². The molecule has 0 fully saturated rings. The fraction of sp³-hybridized carbons (Fsp3) is 0.143. The van der Waals surface area contributed by atoms with Crippen LogP contribution in [0.15, 0.2) is 54.6 Å². The van der Waals surface area contributed by atoms with Crippen LogP contribution < -0.4 is 15.7 Å². The molecule has 86 valence electrons. The summed E-state index contributed by atoms with van der Waals surface area (Å²) in [5.74, 6) is 0. The van der Waals surface area contributed by atoms with Gasteiger partial charge in [-0.15, -0.1) is 0 Å². The minimum absolute atomic E-state index is 0.150. The van der Waals surface area contributed by atoms with E-state index in [0.717, 1.165) is 16.2 Å². The standard InChI is InChI=1S/C14H14NOP/c1-11-13-9-5-6-10-14(13)17(16,15-11)12-7-3-2-4-8-12/h2-11H,1H3,(H,15,16)/t11-,17+/m1/s1. The van der Waals surface area contributed by atoms with Gasteiger partial charge >= 0.3 is 0 Å². The topological polar surface area (TPSA) is 29.1 Å². The van der Waals surface area contributed by atoms with Gasteiger partial charge < -0.3 is 0 Å². The Morgan fingerprint density at radius 1 is 1.00 bits per heavy atom. The van der Waals surface area contributed by atoms with Gasteiger partial charge in [-0.3, -0.25) is 9.65 Å². The summed E-state index contributed by atoms with van der Waals surface area (Å²) < 4.78 is 13.1. The quantitative estimate of drug-likeness (QED) is 0.780. The van der Waals surface area contributed by atoms with Crippen LogP contribution in [0.1, 0.15) is 18.5 Å². The van der Waals surface area contributed by atoms with Gasteiger partial charge in [0.1, 0.15) is 0 Å². The number of benzene rings is 2. The van der Waals surface area contributed by atoms with Crippen molar-refractivity contribution < 1.29 is 4.57 Å². The zero-order valence-electron chi connectivity index (χ0n) is 9.63. The van der Waals surface area contributed by atoms with Gasteiger partial charge in [-0.2, -0.15) is 0 Å². The van der Waals surface area contributed by atoms with E-state index in [4.69, 9.17) is 0 Å². The molecule has 2 nitrogen and oxygen atoms in total. The van der Waals surface area contributed by atoms with Gasteiger partial charge in [0.25, 0.3) is 0 Å². The molecule has 0 unspecified atom stereocenters. The SMILES string of the molecule is C[C@H]1N[P@](=O)(c2ccccc2)c2ccccc21. The first-order valence-electron chi connectivity index (χ1n) is 5.75. The summed E-state index contributed by atoms with van der Waals surface area (Å²) in [6.07, 6.45) is 0. The minimum Gasteiger partial charge on any atom is -0.296 e.